The van der Waals surface area contributed by atoms with Crippen molar-refractivity contribution in [2.24, 2.45) is 5.92 Å². The first-order chi connectivity index (χ1) is 8.40. The Morgan fingerprint density at radius 3 is 2.28 bits per heavy atom. The highest BCUT2D eigenvalue weighted by Gasteiger charge is 2.21. The number of halogens is 1. The molecule has 0 bridgehead atoms. The van der Waals surface area contributed by atoms with Crippen molar-refractivity contribution in [3.63, 3.8) is 0 Å². The lowest BCUT2D eigenvalue weighted by Crippen LogP contribution is -2.39. The van der Waals surface area contributed by atoms with E-state index >= 15 is 0 Å². The number of nitrogens with one attached hydrogen (secondary N) is 1. The number of benzene rings is 1. The summed E-state index contributed by atoms with van der Waals surface area (Å²) >= 11 is 2.26. The molecule has 1 aromatic carbocycles. The van der Waals surface area contributed by atoms with Crippen molar-refractivity contribution in [3.05, 3.63) is 33.4 Å². The minimum absolute atomic E-state index is 0.0434. The van der Waals surface area contributed by atoms with E-state index in [1.54, 1.807) is 0 Å². The summed E-state index contributed by atoms with van der Waals surface area (Å²) in [6.07, 6.45) is 0.643. The fourth-order valence-corrected chi connectivity index (χ4v) is 2.22. The molecule has 18 heavy (non-hydrogen) atoms. The molecule has 1 aromatic rings. The number of rotatable bonds is 6. The van der Waals surface area contributed by atoms with Crippen molar-refractivity contribution >= 4 is 28.6 Å². The summed E-state index contributed by atoms with van der Waals surface area (Å²) in [5, 5.41) is 12.4. The van der Waals surface area contributed by atoms with E-state index in [2.05, 4.69) is 27.9 Å². The van der Waals surface area contributed by atoms with Gasteiger partial charge < -0.3 is 5.11 Å². The maximum Gasteiger partial charge on any atom is 0.320 e. The Balaban J connectivity index is 2.68. The second-order valence-corrected chi connectivity index (χ2v) is 6.21. The van der Waals surface area contributed by atoms with Crippen molar-refractivity contribution in [1.29, 1.82) is 0 Å². The van der Waals surface area contributed by atoms with Crippen molar-refractivity contribution in [2.45, 2.75) is 39.3 Å². The third kappa shape index (κ3) is 4.94. The van der Waals surface area contributed by atoms with Crippen LogP contribution in [-0.4, -0.2) is 17.1 Å². The molecule has 0 radical (unpaired) electrons. The molecule has 0 aromatic heterocycles. The maximum atomic E-state index is 11.2. The van der Waals surface area contributed by atoms with Crippen LogP contribution in [0.3, 0.4) is 0 Å². The van der Waals surface area contributed by atoms with Crippen LogP contribution in [0.2, 0.25) is 0 Å². The second-order valence-electron chi connectivity index (χ2n) is 4.96. The normalized spacial score (nSPS) is 14.5. The van der Waals surface area contributed by atoms with Gasteiger partial charge in [-0.25, -0.2) is 0 Å². The van der Waals surface area contributed by atoms with Gasteiger partial charge in [0, 0.05) is 9.61 Å². The standard InChI is InChI=1S/C14H20INO2/c1-9(2)8-13(14(17)18)16-10(3)11-4-6-12(15)7-5-11/h4-7,9-10,13,16H,8H2,1-3H3,(H,17,18). The minimum atomic E-state index is -0.777. The van der Waals surface area contributed by atoms with Crippen LogP contribution in [0.1, 0.15) is 38.8 Å². The highest BCUT2D eigenvalue weighted by molar-refractivity contribution is 14.1. The average Bonchev–Trinajstić information content (AvgIpc) is 2.28. The molecule has 0 fully saturated rings. The van der Waals surface area contributed by atoms with Gasteiger partial charge in [0.15, 0.2) is 0 Å². The smallest absolute Gasteiger partial charge is 0.320 e. The fourth-order valence-electron chi connectivity index (χ4n) is 1.86. The molecule has 0 saturated carbocycles. The molecule has 100 valence electrons. The second kappa shape index (κ2) is 7.09. The van der Waals surface area contributed by atoms with E-state index in [0.29, 0.717) is 12.3 Å². The van der Waals surface area contributed by atoms with E-state index in [1.165, 1.54) is 3.57 Å². The molecule has 2 atom stereocenters. The molecule has 0 amide bonds. The monoisotopic (exact) mass is 361 g/mol. The number of carboxylic acid groups (broad SMARTS) is 1. The van der Waals surface area contributed by atoms with E-state index in [1.807, 2.05) is 45.0 Å². The zero-order chi connectivity index (χ0) is 13.7. The van der Waals surface area contributed by atoms with Crippen LogP contribution in [0.5, 0.6) is 0 Å². The molecular weight excluding hydrogens is 341 g/mol. The highest BCUT2D eigenvalue weighted by atomic mass is 127. The Morgan fingerprint density at radius 1 is 1.28 bits per heavy atom. The number of hydrogen-bond acceptors (Lipinski definition) is 2. The van der Waals surface area contributed by atoms with E-state index < -0.39 is 12.0 Å². The molecular formula is C14H20INO2. The molecule has 3 nitrogen and oxygen atoms in total. The van der Waals surface area contributed by atoms with Crippen molar-refractivity contribution in [1.82, 2.24) is 5.32 Å². The predicted molar refractivity (Wildman–Crippen MR) is 81.6 cm³/mol. The SMILES string of the molecule is CC(C)CC(NC(C)c1ccc(I)cc1)C(=O)O. The van der Waals surface area contributed by atoms with Gasteiger partial charge in [0.05, 0.1) is 0 Å². The fraction of sp³-hybridized carbons (Fsp3) is 0.500. The van der Waals surface area contributed by atoms with Crippen molar-refractivity contribution in [3.8, 4) is 0 Å². The largest absolute Gasteiger partial charge is 0.480 e. The van der Waals surface area contributed by atoms with Crippen molar-refractivity contribution < 1.29 is 9.90 Å². The van der Waals surface area contributed by atoms with Gasteiger partial charge in [-0.05, 0) is 59.5 Å². The predicted octanol–water partition coefficient (Wildman–Crippen LogP) is 3.44. The summed E-state index contributed by atoms with van der Waals surface area (Å²) < 4.78 is 1.18. The molecule has 2 N–H and O–H groups in total. The first kappa shape index (κ1) is 15.4. The quantitative estimate of drug-likeness (QED) is 0.764. The van der Waals surface area contributed by atoms with E-state index in [9.17, 15) is 9.90 Å². The summed E-state index contributed by atoms with van der Waals surface area (Å²) in [5.41, 5.74) is 1.12. The Bertz CT molecular complexity index is 389. The van der Waals surface area contributed by atoms with Gasteiger partial charge in [0.25, 0.3) is 0 Å². The number of aliphatic carboxylic acids is 1. The Labute approximate surface area is 122 Å². The molecule has 4 heteroatoms. The van der Waals surface area contributed by atoms with Gasteiger partial charge in [-0.3, -0.25) is 10.1 Å². The summed E-state index contributed by atoms with van der Waals surface area (Å²) in [6, 6.07) is 7.70. The lowest BCUT2D eigenvalue weighted by molar-refractivity contribution is -0.140. The number of carbonyl (C=O) groups is 1. The van der Waals surface area contributed by atoms with Crippen LogP contribution < -0.4 is 5.32 Å². The average molecular weight is 361 g/mol. The van der Waals surface area contributed by atoms with Gasteiger partial charge >= 0.3 is 5.97 Å². The lowest BCUT2D eigenvalue weighted by Gasteiger charge is -2.22. The molecule has 0 saturated heterocycles. The summed E-state index contributed by atoms with van der Waals surface area (Å²) in [7, 11) is 0. The van der Waals surface area contributed by atoms with Crippen LogP contribution in [0.4, 0.5) is 0 Å². The highest BCUT2D eigenvalue weighted by Crippen LogP contribution is 2.16. The topological polar surface area (TPSA) is 49.3 Å². The third-order valence-corrected chi connectivity index (χ3v) is 3.55. The van der Waals surface area contributed by atoms with Crippen LogP contribution in [0, 0.1) is 9.49 Å². The van der Waals surface area contributed by atoms with Crippen LogP contribution in [0.25, 0.3) is 0 Å². The molecule has 2 unspecified atom stereocenters. The molecule has 0 aliphatic heterocycles. The first-order valence-corrected chi connectivity index (χ1v) is 7.22. The van der Waals surface area contributed by atoms with Crippen LogP contribution in [-0.2, 0) is 4.79 Å². The molecule has 0 aliphatic rings. The van der Waals surface area contributed by atoms with Gasteiger partial charge in [-0.15, -0.1) is 0 Å². The zero-order valence-corrected chi connectivity index (χ0v) is 13.1. The number of hydrogen-bond donors (Lipinski definition) is 2. The van der Waals surface area contributed by atoms with Gasteiger partial charge in [-0.1, -0.05) is 26.0 Å². The van der Waals surface area contributed by atoms with Crippen LogP contribution in [0.15, 0.2) is 24.3 Å². The van der Waals surface area contributed by atoms with E-state index in [0.717, 1.165) is 5.56 Å². The Hall–Kier alpha value is -0.620. The van der Waals surface area contributed by atoms with Gasteiger partial charge in [0.1, 0.15) is 6.04 Å². The summed E-state index contributed by atoms with van der Waals surface area (Å²) in [5.74, 6) is -0.413. The van der Waals surface area contributed by atoms with E-state index in [-0.39, 0.29) is 6.04 Å². The molecule has 0 heterocycles. The van der Waals surface area contributed by atoms with Crippen molar-refractivity contribution in [2.75, 3.05) is 0 Å². The number of carboxylic acids is 1. The molecule has 1 rings (SSSR count). The minimum Gasteiger partial charge on any atom is -0.480 e. The van der Waals surface area contributed by atoms with Crippen LogP contribution >= 0.6 is 22.6 Å². The Kier molecular flexibility index (Phi) is 6.08. The maximum absolute atomic E-state index is 11.2. The molecule has 0 aliphatic carbocycles. The summed E-state index contributed by atoms with van der Waals surface area (Å²) in [4.78, 5) is 11.2. The summed E-state index contributed by atoms with van der Waals surface area (Å²) in [6.45, 7) is 6.07. The third-order valence-electron chi connectivity index (χ3n) is 2.83. The Morgan fingerprint density at radius 2 is 1.83 bits per heavy atom. The van der Waals surface area contributed by atoms with E-state index in [4.69, 9.17) is 0 Å². The lowest BCUT2D eigenvalue weighted by atomic mass is 10.0. The van der Waals surface area contributed by atoms with Gasteiger partial charge in [-0.2, -0.15) is 0 Å². The van der Waals surface area contributed by atoms with Gasteiger partial charge in [0.2, 0.25) is 0 Å². The first-order valence-electron chi connectivity index (χ1n) is 6.14. The zero-order valence-electron chi connectivity index (χ0n) is 11.0. The molecule has 0 spiro atoms.